The summed E-state index contributed by atoms with van der Waals surface area (Å²) < 4.78 is 8.22. The van der Waals surface area contributed by atoms with Crippen molar-refractivity contribution in [3.8, 4) is 5.75 Å². The Labute approximate surface area is 173 Å². The van der Waals surface area contributed by atoms with Gasteiger partial charge in [-0.25, -0.2) is 9.78 Å². The predicted molar refractivity (Wildman–Crippen MR) is 117 cm³/mol. The number of aryl methyl sites for hydroxylation is 1. The van der Waals surface area contributed by atoms with Crippen molar-refractivity contribution in [1.82, 2.24) is 19.4 Å². The first-order chi connectivity index (χ1) is 13.9. The van der Waals surface area contributed by atoms with Crippen LogP contribution in [-0.2, 0) is 0 Å². The molecule has 154 valence electrons. The number of ether oxygens (including phenoxy) is 1. The summed E-state index contributed by atoms with van der Waals surface area (Å²) in [6, 6.07) is 8.20. The van der Waals surface area contributed by atoms with Crippen LogP contribution in [0.15, 0.2) is 49.3 Å². The largest absolute Gasteiger partial charge is 0.490 e. The Morgan fingerprint density at radius 2 is 1.90 bits per heavy atom. The van der Waals surface area contributed by atoms with Crippen molar-refractivity contribution >= 4 is 17.3 Å². The number of allylic oxidation sites excluding steroid dienone is 3. The molecule has 1 aliphatic heterocycles. The van der Waals surface area contributed by atoms with E-state index < -0.39 is 0 Å². The van der Waals surface area contributed by atoms with Gasteiger partial charge in [-0.2, -0.15) is 0 Å². The molecule has 0 bridgehead atoms. The number of aromatic nitrogens is 2. The van der Waals surface area contributed by atoms with Crippen molar-refractivity contribution in [3.05, 3.63) is 60.7 Å². The molecule has 0 spiro atoms. The van der Waals surface area contributed by atoms with E-state index in [1.54, 1.807) is 25.2 Å². The van der Waals surface area contributed by atoms with E-state index in [0.29, 0.717) is 0 Å². The summed E-state index contributed by atoms with van der Waals surface area (Å²) >= 11 is 0. The van der Waals surface area contributed by atoms with Crippen molar-refractivity contribution in [2.75, 3.05) is 27.2 Å². The van der Waals surface area contributed by atoms with E-state index in [-0.39, 0.29) is 12.1 Å². The second-order valence-electron chi connectivity index (χ2n) is 7.55. The van der Waals surface area contributed by atoms with Crippen LogP contribution in [0.25, 0.3) is 11.3 Å². The van der Waals surface area contributed by atoms with Gasteiger partial charge in [0.25, 0.3) is 0 Å². The number of urea groups is 1. The zero-order chi connectivity index (χ0) is 21.0. The maximum Gasteiger partial charge on any atom is 0.319 e. The second-order valence-corrected chi connectivity index (χ2v) is 7.55. The van der Waals surface area contributed by atoms with Gasteiger partial charge >= 0.3 is 6.03 Å². The molecule has 0 saturated carbocycles. The molecule has 0 aliphatic carbocycles. The van der Waals surface area contributed by atoms with Gasteiger partial charge in [0.05, 0.1) is 0 Å². The molecule has 3 rings (SSSR count). The molecule has 1 aromatic carbocycles. The van der Waals surface area contributed by atoms with Crippen LogP contribution in [0.3, 0.4) is 0 Å². The van der Waals surface area contributed by atoms with E-state index in [9.17, 15) is 4.79 Å². The van der Waals surface area contributed by atoms with Crippen LogP contribution >= 0.6 is 0 Å². The molecule has 6 heteroatoms. The first-order valence-corrected chi connectivity index (χ1v) is 9.97. The lowest BCUT2D eigenvalue weighted by molar-refractivity contribution is 0.101. The number of carbonyl (C=O) groups is 1. The molecule has 0 unspecified atom stereocenters. The van der Waals surface area contributed by atoms with Crippen LogP contribution in [0.1, 0.15) is 31.2 Å². The third-order valence-corrected chi connectivity index (χ3v) is 5.34. The fraction of sp³-hybridized carbons (Fsp3) is 0.391. The summed E-state index contributed by atoms with van der Waals surface area (Å²) in [5.74, 6) is 1.80. The zero-order valence-corrected chi connectivity index (χ0v) is 17.8. The Morgan fingerprint density at radius 3 is 2.41 bits per heavy atom. The van der Waals surface area contributed by atoms with Gasteiger partial charge in [-0.05, 0) is 31.5 Å². The van der Waals surface area contributed by atoms with Crippen molar-refractivity contribution in [2.24, 2.45) is 0 Å². The van der Waals surface area contributed by atoms with Gasteiger partial charge in [-0.15, -0.1) is 0 Å². The molecule has 6 nitrogen and oxygen atoms in total. The minimum Gasteiger partial charge on any atom is -0.490 e. The molecule has 0 N–H and O–H groups in total. The third-order valence-electron chi connectivity index (χ3n) is 5.34. The SMILES string of the molecule is C=C/C(=C(/C)n1ccnc1C)c1ccc(OC2CCN(C(=O)N(C)C)CC2)cc1. The number of benzene rings is 1. The molecule has 0 radical (unpaired) electrons. The maximum atomic E-state index is 12.0. The monoisotopic (exact) mass is 394 g/mol. The van der Waals surface area contributed by atoms with Crippen molar-refractivity contribution < 1.29 is 9.53 Å². The van der Waals surface area contributed by atoms with Gasteiger partial charge in [0, 0.05) is 63.7 Å². The van der Waals surface area contributed by atoms with E-state index in [2.05, 4.69) is 35.2 Å². The normalized spacial score (nSPS) is 15.7. The molecular weight excluding hydrogens is 364 g/mol. The van der Waals surface area contributed by atoms with Gasteiger partial charge in [0.15, 0.2) is 0 Å². The maximum absolute atomic E-state index is 12.0. The lowest BCUT2D eigenvalue weighted by Gasteiger charge is -2.33. The summed E-state index contributed by atoms with van der Waals surface area (Å²) in [5, 5.41) is 0. The topological polar surface area (TPSA) is 50.6 Å². The van der Waals surface area contributed by atoms with Crippen LogP contribution in [-0.4, -0.2) is 58.7 Å². The van der Waals surface area contributed by atoms with Crippen LogP contribution in [0.4, 0.5) is 4.79 Å². The highest BCUT2D eigenvalue weighted by molar-refractivity contribution is 5.88. The molecule has 29 heavy (non-hydrogen) atoms. The molecule has 1 aliphatic rings. The number of amides is 2. The van der Waals surface area contributed by atoms with E-state index in [1.807, 2.05) is 36.2 Å². The Bertz CT molecular complexity index is 888. The Morgan fingerprint density at radius 1 is 1.24 bits per heavy atom. The second kappa shape index (κ2) is 8.99. The van der Waals surface area contributed by atoms with Gasteiger partial charge in [0.2, 0.25) is 0 Å². The standard InChI is InChI=1S/C23H30N4O2/c1-6-22(17(2)27-16-13-24-18(27)3)19-7-9-20(10-8-19)29-21-11-14-26(15-12-21)23(28)25(4)5/h6-10,13,16,21H,1,11-12,14-15H2,2-5H3/b22-17+. The number of imidazole rings is 1. The fourth-order valence-electron chi connectivity index (χ4n) is 3.69. The predicted octanol–water partition coefficient (Wildman–Crippen LogP) is 4.29. The summed E-state index contributed by atoms with van der Waals surface area (Å²) in [6.07, 6.45) is 7.46. The summed E-state index contributed by atoms with van der Waals surface area (Å²) in [7, 11) is 3.57. The smallest absolute Gasteiger partial charge is 0.319 e. The molecule has 0 atom stereocenters. The number of carbonyl (C=O) groups excluding carboxylic acids is 1. The molecular formula is C23H30N4O2. The van der Waals surface area contributed by atoms with Crippen LogP contribution < -0.4 is 4.74 Å². The lowest BCUT2D eigenvalue weighted by Crippen LogP contribution is -2.46. The lowest BCUT2D eigenvalue weighted by atomic mass is 10.0. The Hall–Kier alpha value is -3.02. The minimum atomic E-state index is 0.0695. The number of hydrogen-bond acceptors (Lipinski definition) is 3. The highest BCUT2D eigenvalue weighted by Crippen LogP contribution is 2.27. The summed E-state index contributed by atoms with van der Waals surface area (Å²) in [6.45, 7) is 9.50. The first kappa shape index (κ1) is 20.7. The molecule has 1 aromatic heterocycles. The van der Waals surface area contributed by atoms with Gasteiger partial charge < -0.3 is 19.1 Å². The average Bonchev–Trinajstić information content (AvgIpc) is 3.15. The molecule has 2 aromatic rings. The number of rotatable bonds is 5. The molecule has 2 heterocycles. The summed E-state index contributed by atoms with van der Waals surface area (Å²) in [4.78, 5) is 19.8. The molecule has 2 amide bonds. The quantitative estimate of drug-likeness (QED) is 0.711. The van der Waals surface area contributed by atoms with E-state index in [0.717, 1.165) is 54.3 Å². The Kier molecular flexibility index (Phi) is 6.42. The molecule has 1 fully saturated rings. The van der Waals surface area contributed by atoms with Gasteiger partial charge in [0.1, 0.15) is 17.7 Å². The van der Waals surface area contributed by atoms with E-state index in [1.165, 1.54) is 0 Å². The molecule has 1 saturated heterocycles. The zero-order valence-electron chi connectivity index (χ0n) is 17.8. The first-order valence-electron chi connectivity index (χ1n) is 9.97. The highest BCUT2D eigenvalue weighted by Gasteiger charge is 2.24. The average molecular weight is 395 g/mol. The van der Waals surface area contributed by atoms with Gasteiger partial charge in [-0.3, -0.25) is 0 Å². The van der Waals surface area contributed by atoms with Crippen LogP contribution in [0.5, 0.6) is 5.75 Å². The van der Waals surface area contributed by atoms with Crippen molar-refractivity contribution in [3.63, 3.8) is 0 Å². The fourth-order valence-corrected chi connectivity index (χ4v) is 3.69. The minimum absolute atomic E-state index is 0.0695. The van der Waals surface area contributed by atoms with E-state index >= 15 is 0 Å². The van der Waals surface area contributed by atoms with Gasteiger partial charge in [-0.1, -0.05) is 24.8 Å². The number of piperidine rings is 1. The third kappa shape index (κ3) is 4.70. The summed E-state index contributed by atoms with van der Waals surface area (Å²) in [5.41, 5.74) is 3.24. The van der Waals surface area contributed by atoms with Crippen LogP contribution in [0, 0.1) is 6.92 Å². The number of hydrogen-bond donors (Lipinski definition) is 0. The highest BCUT2D eigenvalue weighted by atomic mass is 16.5. The Balaban J connectivity index is 1.66. The van der Waals surface area contributed by atoms with Crippen LogP contribution in [0.2, 0.25) is 0 Å². The number of nitrogens with zero attached hydrogens (tertiary/aromatic N) is 4. The van der Waals surface area contributed by atoms with Crippen molar-refractivity contribution in [1.29, 1.82) is 0 Å². The van der Waals surface area contributed by atoms with Crippen molar-refractivity contribution in [2.45, 2.75) is 32.8 Å². The number of likely N-dealkylation sites (tertiary alicyclic amines) is 1. The van der Waals surface area contributed by atoms with E-state index in [4.69, 9.17) is 4.74 Å².